The molecule has 1 aliphatic carbocycles. The third-order valence-corrected chi connectivity index (χ3v) is 1.21. The molecule has 0 aromatic rings. The third kappa shape index (κ3) is 0.562. The van der Waals surface area contributed by atoms with E-state index in [1.54, 1.807) is 0 Å². The molecular weight excluding hydrogens is 72.1 g/mol. The van der Waals surface area contributed by atoms with Crippen LogP contribution in [0.4, 0.5) is 0 Å². The van der Waals surface area contributed by atoms with Crippen molar-refractivity contribution in [3.8, 4) is 0 Å². The van der Waals surface area contributed by atoms with Crippen LogP contribution in [0.25, 0.3) is 0 Å². The zero-order chi connectivity index (χ0) is 4.62. The van der Waals surface area contributed by atoms with E-state index in [2.05, 4.69) is 20.3 Å². The summed E-state index contributed by atoms with van der Waals surface area (Å²) in [5.41, 5.74) is 0.611. The Kier molecular flexibility index (Phi) is 0.686. The Morgan fingerprint density at radius 3 is 1.67 bits per heavy atom. The van der Waals surface area contributed by atoms with Crippen LogP contribution in [0.15, 0.2) is 0 Å². The third-order valence-electron chi connectivity index (χ3n) is 1.21. The molecule has 0 aromatic heterocycles. The van der Waals surface area contributed by atoms with Gasteiger partial charge in [-0.1, -0.05) is 13.8 Å². The molecule has 6 heavy (non-hydrogen) atoms. The topological polar surface area (TPSA) is 0 Å². The molecule has 0 atom stereocenters. The molecule has 0 heterocycles. The van der Waals surface area contributed by atoms with Gasteiger partial charge in [-0.3, -0.25) is 0 Å². The van der Waals surface area contributed by atoms with E-state index in [9.17, 15) is 0 Å². The molecule has 1 fully saturated rings. The predicted octanol–water partition coefficient (Wildman–Crippen LogP) is 1.89. The molecule has 0 unspecified atom stereocenters. The lowest BCUT2D eigenvalue weighted by Crippen LogP contribution is -2.20. The van der Waals surface area contributed by atoms with Gasteiger partial charge in [0.25, 0.3) is 0 Å². The minimum absolute atomic E-state index is 0.611. The smallest absolute Gasteiger partial charge is 0.0162 e. The summed E-state index contributed by atoms with van der Waals surface area (Å²) in [6.45, 7) is 4.53. The molecule has 34 valence electrons. The van der Waals surface area contributed by atoms with Crippen LogP contribution in [0, 0.1) is 11.8 Å². The van der Waals surface area contributed by atoms with E-state index in [4.69, 9.17) is 0 Å². The van der Waals surface area contributed by atoms with Crippen molar-refractivity contribution >= 4 is 0 Å². The predicted molar refractivity (Wildman–Crippen MR) is 26.3 cm³/mol. The maximum Gasteiger partial charge on any atom is -0.0162 e. The molecule has 0 N–H and O–H groups in total. The van der Waals surface area contributed by atoms with Crippen molar-refractivity contribution in [2.75, 3.05) is 0 Å². The van der Waals surface area contributed by atoms with Crippen molar-refractivity contribution in [3.63, 3.8) is 0 Å². The molecule has 1 rings (SSSR count). The van der Waals surface area contributed by atoms with Gasteiger partial charge in [0, 0.05) is 0 Å². The molecule has 0 saturated heterocycles. The average Bonchev–Trinajstić information content (AvgIpc) is 1.32. The molecule has 1 saturated carbocycles. The first-order valence-corrected chi connectivity index (χ1v) is 2.41. The number of hydrogen-bond donors (Lipinski definition) is 0. The minimum atomic E-state index is 0.611. The maximum absolute atomic E-state index is 3.20. The largest absolute Gasteiger partial charge is 0.0599 e. The van der Waals surface area contributed by atoms with Gasteiger partial charge in [-0.25, -0.2) is 0 Å². The highest BCUT2D eigenvalue weighted by Gasteiger charge is 2.25. The zero-order valence-electron chi connectivity index (χ0n) is 4.41. The second-order valence-corrected chi connectivity index (χ2v) is 2.77. The summed E-state index contributed by atoms with van der Waals surface area (Å²) in [5, 5.41) is 0. The highest BCUT2D eigenvalue weighted by atomic mass is 14.3. The van der Waals surface area contributed by atoms with Crippen LogP contribution in [-0.2, 0) is 0 Å². The van der Waals surface area contributed by atoms with Gasteiger partial charge >= 0.3 is 0 Å². The molecule has 0 aliphatic heterocycles. The molecule has 0 nitrogen and oxygen atoms in total. The number of rotatable bonds is 0. The standard InChI is InChI=1S/C6H10/c1-6(2)4-3-5-6/h4-5H2,1-2H3. The fourth-order valence-electron chi connectivity index (χ4n) is 0.625. The maximum atomic E-state index is 3.20. The lowest BCUT2D eigenvalue weighted by Gasteiger charge is -2.32. The molecule has 1 aliphatic rings. The Morgan fingerprint density at radius 1 is 1.33 bits per heavy atom. The van der Waals surface area contributed by atoms with Crippen LogP contribution in [0.3, 0.4) is 0 Å². The van der Waals surface area contributed by atoms with Gasteiger partial charge in [-0.2, -0.15) is 0 Å². The molecule has 2 radical (unpaired) electrons. The molecule has 0 amide bonds. The van der Waals surface area contributed by atoms with Crippen molar-refractivity contribution in [1.82, 2.24) is 0 Å². The van der Waals surface area contributed by atoms with E-state index in [1.165, 1.54) is 12.8 Å². The molecule has 0 heteroatoms. The summed E-state index contributed by atoms with van der Waals surface area (Å²) in [7, 11) is 0. The normalized spacial score (nSPS) is 29.0. The summed E-state index contributed by atoms with van der Waals surface area (Å²) in [5.74, 6) is 0. The Hall–Kier alpha value is 0. The van der Waals surface area contributed by atoms with Gasteiger partial charge in [-0.15, -0.1) is 0 Å². The summed E-state index contributed by atoms with van der Waals surface area (Å²) < 4.78 is 0. The molecule has 0 bridgehead atoms. The van der Waals surface area contributed by atoms with E-state index >= 15 is 0 Å². The van der Waals surface area contributed by atoms with Crippen LogP contribution >= 0.6 is 0 Å². The summed E-state index contributed by atoms with van der Waals surface area (Å²) >= 11 is 0. The second-order valence-electron chi connectivity index (χ2n) is 2.77. The van der Waals surface area contributed by atoms with Gasteiger partial charge < -0.3 is 0 Å². The first-order valence-electron chi connectivity index (χ1n) is 2.41. The second kappa shape index (κ2) is 0.988. The van der Waals surface area contributed by atoms with Crippen molar-refractivity contribution in [2.24, 2.45) is 5.41 Å². The highest BCUT2D eigenvalue weighted by molar-refractivity contribution is 4.92. The Labute approximate surface area is 39.6 Å². The Bertz CT molecular complexity index is 47.1. The monoisotopic (exact) mass is 82.1 g/mol. The van der Waals surface area contributed by atoms with Gasteiger partial charge in [-0.05, 0) is 24.7 Å². The fraction of sp³-hybridized carbons (Fsp3) is 0.833. The van der Waals surface area contributed by atoms with E-state index < -0.39 is 0 Å². The van der Waals surface area contributed by atoms with Gasteiger partial charge in [0.15, 0.2) is 0 Å². The zero-order valence-corrected chi connectivity index (χ0v) is 4.41. The van der Waals surface area contributed by atoms with Crippen molar-refractivity contribution in [2.45, 2.75) is 26.7 Å². The Morgan fingerprint density at radius 2 is 1.67 bits per heavy atom. The van der Waals surface area contributed by atoms with Gasteiger partial charge in [0.2, 0.25) is 0 Å². The van der Waals surface area contributed by atoms with E-state index in [0.29, 0.717) is 5.41 Å². The van der Waals surface area contributed by atoms with Crippen LogP contribution in [0.5, 0.6) is 0 Å². The van der Waals surface area contributed by atoms with Crippen LogP contribution in [0.2, 0.25) is 0 Å². The lowest BCUT2D eigenvalue weighted by atomic mass is 9.72. The van der Waals surface area contributed by atoms with Crippen molar-refractivity contribution in [3.05, 3.63) is 6.42 Å². The summed E-state index contributed by atoms with van der Waals surface area (Å²) in [6.07, 6.45) is 5.60. The highest BCUT2D eigenvalue weighted by Crippen LogP contribution is 2.37. The van der Waals surface area contributed by atoms with E-state index in [-0.39, 0.29) is 0 Å². The average molecular weight is 82.1 g/mol. The van der Waals surface area contributed by atoms with Crippen LogP contribution in [0.1, 0.15) is 26.7 Å². The van der Waals surface area contributed by atoms with Gasteiger partial charge in [0.1, 0.15) is 0 Å². The van der Waals surface area contributed by atoms with Crippen molar-refractivity contribution in [1.29, 1.82) is 0 Å². The first-order chi connectivity index (χ1) is 2.71. The van der Waals surface area contributed by atoms with Crippen molar-refractivity contribution < 1.29 is 0 Å². The van der Waals surface area contributed by atoms with E-state index in [1.807, 2.05) is 0 Å². The van der Waals surface area contributed by atoms with Crippen LogP contribution in [-0.4, -0.2) is 0 Å². The lowest BCUT2D eigenvalue weighted by molar-refractivity contribution is 0.265. The SMILES string of the molecule is CC1(C)C[C]C1. The minimum Gasteiger partial charge on any atom is -0.0599 e. The summed E-state index contributed by atoms with van der Waals surface area (Å²) in [4.78, 5) is 0. The molecular formula is C6H10. The van der Waals surface area contributed by atoms with E-state index in [0.717, 1.165) is 0 Å². The van der Waals surface area contributed by atoms with Crippen LogP contribution < -0.4 is 0 Å². The number of hydrogen-bond acceptors (Lipinski definition) is 0. The fourth-order valence-corrected chi connectivity index (χ4v) is 0.625. The quantitative estimate of drug-likeness (QED) is 0.418. The Balaban J connectivity index is 2.31. The van der Waals surface area contributed by atoms with Gasteiger partial charge in [0.05, 0.1) is 0 Å². The molecule has 0 aromatic carbocycles. The summed E-state index contributed by atoms with van der Waals surface area (Å²) in [6, 6.07) is 0. The molecule has 0 spiro atoms. The first kappa shape index (κ1) is 4.17.